The molecule has 2 N–H and O–H groups in total. The van der Waals surface area contributed by atoms with Crippen molar-refractivity contribution in [1.29, 1.82) is 0 Å². The molecule has 26 heavy (non-hydrogen) atoms. The Bertz CT molecular complexity index is 892. The number of pyridine rings is 1. The van der Waals surface area contributed by atoms with Crippen LogP contribution in [-0.2, 0) is 0 Å². The number of rotatable bonds is 5. The SMILES string of the molecule is CN(C)c1ccc(Nc2ccc(NC(=O)c3ccccc3Cl)cn2)cc1. The number of halogens is 1. The number of nitrogens with one attached hydrogen (secondary N) is 2. The fourth-order valence-electron chi connectivity index (χ4n) is 2.38. The molecule has 0 unspecified atom stereocenters. The van der Waals surface area contributed by atoms with E-state index in [1.54, 1.807) is 36.5 Å². The van der Waals surface area contributed by atoms with Gasteiger partial charge in [-0.2, -0.15) is 0 Å². The van der Waals surface area contributed by atoms with Crippen molar-refractivity contribution in [3.05, 3.63) is 77.4 Å². The predicted octanol–water partition coefficient (Wildman–Crippen LogP) is 4.80. The third-order valence-electron chi connectivity index (χ3n) is 3.80. The summed E-state index contributed by atoms with van der Waals surface area (Å²) in [5.41, 5.74) is 3.10. The van der Waals surface area contributed by atoms with Crippen molar-refractivity contribution in [2.45, 2.75) is 0 Å². The quantitative estimate of drug-likeness (QED) is 0.681. The van der Waals surface area contributed by atoms with Crippen molar-refractivity contribution in [2.75, 3.05) is 29.6 Å². The Morgan fingerprint density at radius 1 is 0.962 bits per heavy atom. The van der Waals surface area contributed by atoms with Crippen LogP contribution in [0.2, 0.25) is 5.02 Å². The Labute approximate surface area is 157 Å². The van der Waals surface area contributed by atoms with Gasteiger partial charge in [-0.1, -0.05) is 23.7 Å². The molecule has 0 radical (unpaired) electrons. The van der Waals surface area contributed by atoms with Crippen molar-refractivity contribution in [2.24, 2.45) is 0 Å². The molecule has 0 spiro atoms. The summed E-state index contributed by atoms with van der Waals surface area (Å²) in [6.45, 7) is 0. The fourth-order valence-corrected chi connectivity index (χ4v) is 2.60. The molecule has 1 amide bonds. The maximum absolute atomic E-state index is 12.3. The maximum Gasteiger partial charge on any atom is 0.257 e. The first kappa shape index (κ1) is 17.8. The second-order valence-electron chi connectivity index (χ2n) is 5.93. The highest BCUT2D eigenvalue weighted by Gasteiger charge is 2.10. The standard InChI is InChI=1S/C20H19ClN4O/c1-25(2)16-10-7-14(8-11-16)23-19-12-9-15(13-22-19)24-20(26)17-5-3-4-6-18(17)21/h3-13H,1-2H3,(H,22,23)(H,24,26). The van der Waals surface area contributed by atoms with Gasteiger partial charge < -0.3 is 15.5 Å². The molecule has 1 aromatic heterocycles. The van der Waals surface area contributed by atoms with Gasteiger partial charge in [-0.3, -0.25) is 4.79 Å². The van der Waals surface area contributed by atoms with E-state index in [4.69, 9.17) is 11.6 Å². The number of carbonyl (C=O) groups is 1. The molecule has 0 saturated heterocycles. The first-order valence-electron chi connectivity index (χ1n) is 8.09. The zero-order valence-corrected chi connectivity index (χ0v) is 15.3. The highest BCUT2D eigenvalue weighted by Crippen LogP contribution is 2.21. The van der Waals surface area contributed by atoms with Gasteiger partial charge in [0, 0.05) is 25.5 Å². The highest BCUT2D eigenvalue weighted by atomic mass is 35.5. The molecule has 2 aromatic carbocycles. The van der Waals surface area contributed by atoms with Gasteiger partial charge >= 0.3 is 0 Å². The predicted molar refractivity (Wildman–Crippen MR) is 108 cm³/mol. The van der Waals surface area contributed by atoms with Crippen LogP contribution in [0.15, 0.2) is 66.9 Å². The van der Waals surface area contributed by atoms with Gasteiger partial charge in [0.2, 0.25) is 0 Å². The van der Waals surface area contributed by atoms with Crippen molar-refractivity contribution in [3.8, 4) is 0 Å². The average Bonchev–Trinajstić information content (AvgIpc) is 2.64. The average molecular weight is 367 g/mol. The summed E-state index contributed by atoms with van der Waals surface area (Å²) in [5.74, 6) is 0.427. The summed E-state index contributed by atoms with van der Waals surface area (Å²) in [5, 5.41) is 6.43. The number of amides is 1. The van der Waals surface area contributed by atoms with E-state index < -0.39 is 0 Å². The van der Waals surface area contributed by atoms with Crippen LogP contribution < -0.4 is 15.5 Å². The Hall–Kier alpha value is -3.05. The van der Waals surface area contributed by atoms with Gasteiger partial charge in [0.15, 0.2) is 0 Å². The van der Waals surface area contributed by atoms with Gasteiger partial charge in [0.25, 0.3) is 5.91 Å². The van der Waals surface area contributed by atoms with Crippen LogP contribution in [0.5, 0.6) is 0 Å². The number of nitrogens with zero attached hydrogens (tertiary/aromatic N) is 2. The molecule has 0 fully saturated rings. The van der Waals surface area contributed by atoms with Gasteiger partial charge in [0.05, 0.1) is 22.5 Å². The van der Waals surface area contributed by atoms with Crippen LogP contribution >= 0.6 is 11.6 Å². The van der Waals surface area contributed by atoms with Crippen molar-refractivity contribution in [1.82, 2.24) is 4.98 Å². The van der Waals surface area contributed by atoms with E-state index in [0.29, 0.717) is 22.1 Å². The van der Waals surface area contributed by atoms with E-state index in [1.807, 2.05) is 49.3 Å². The summed E-state index contributed by atoms with van der Waals surface area (Å²) >= 11 is 6.04. The largest absolute Gasteiger partial charge is 0.378 e. The van der Waals surface area contributed by atoms with Crippen molar-refractivity contribution < 1.29 is 4.79 Å². The number of anilines is 4. The molecule has 3 aromatic rings. The summed E-state index contributed by atoms with van der Waals surface area (Å²) < 4.78 is 0. The van der Waals surface area contributed by atoms with E-state index in [-0.39, 0.29) is 5.91 Å². The molecule has 0 atom stereocenters. The summed E-state index contributed by atoms with van der Waals surface area (Å²) in [6.07, 6.45) is 1.60. The lowest BCUT2D eigenvalue weighted by molar-refractivity contribution is 0.102. The Morgan fingerprint density at radius 2 is 1.65 bits per heavy atom. The minimum absolute atomic E-state index is 0.266. The maximum atomic E-state index is 12.3. The van der Waals surface area contributed by atoms with E-state index in [2.05, 4.69) is 15.6 Å². The third-order valence-corrected chi connectivity index (χ3v) is 4.13. The minimum atomic E-state index is -0.266. The lowest BCUT2D eigenvalue weighted by Crippen LogP contribution is -2.12. The summed E-state index contributed by atoms with van der Waals surface area (Å²) in [6, 6.07) is 18.6. The van der Waals surface area contributed by atoms with Crippen LogP contribution in [0.1, 0.15) is 10.4 Å². The zero-order valence-electron chi connectivity index (χ0n) is 14.5. The van der Waals surface area contributed by atoms with E-state index in [9.17, 15) is 4.79 Å². The van der Waals surface area contributed by atoms with Crippen molar-refractivity contribution in [3.63, 3.8) is 0 Å². The Balaban J connectivity index is 1.65. The lowest BCUT2D eigenvalue weighted by atomic mass is 10.2. The van der Waals surface area contributed by atoms with Crippen LogP contribution in [0, 0.1) is 0 Å². The molecule has 0 saturated carbocycles. The smallest absolute Gasteiger partial charge is 0.257 e. The zero-order chi connectivity index (χ0) is 18.5. The molecule has 0 aliphatic heterocycles. The lowest BCUT2D eigenvalue weighted by Gasteiger charge is -2.13. The molecule has 1 heterocycles. The number of hydrogen-bond donors (Lipinski definition) is 2. The van der Waals surface area contributed by atoms with Crippen LogP contribution in [0.25, 0.3) is 0 Å². The molecule has 5 nitrogen and oxygen atoms in total. The van der Waals surface area contributed by atoms with E-state index in [1.165, 1.54) is 0 Å². The van der Waals surface area contributed by atoms with Gasteiger partial charge in [-0.15, -0.1) is 0 Å². The molecule has 3 rings (SSSR count). The molecule has 0 aliphatic carbocycles. The Kier molecular flexibility index (Phi) is 5.39. The van der Waals surface area contributed by atoms with Gasteiger partial charge in [-0.25, -0.2) is 4.98 Å². The Morgan fingerprint density at radius 3 is 2.27 bits per heavy atom. The molecular weight excluding hydrogens is 348 g/mol. The fraction of sp³-hybridized carbons (Fsp3) is 0.100. The van der Waals surface area contributed by atoms with E-state index >= 15 is 0 Å². The van der Waals surface area contributed by atoms with Gasteiger partial charge in [-0.05, 0) is 48.5 Å². The summed E-state index contributed by atoms with van der Waals surface area (Å²) in [7, 11) is 4.00. The van der Waals surface area contributed by atoms with E-state index in [0.717, 1.165) is 11.4 Å². The van der Waals surface area contributed by atoms with Crippen LogP contribution in [0.4, 0.5) is 22.9 Å². The summed E-state index contributed by atoms with van der Waals surface area (Å²) in [4.78, 5) is 18.6. The normalized spacial score (nSPS) is 10.3. The van der Waals surface area contributed by atoms with Crippen LogP contribution in [-0.4, -0.2) is 25.0 Å². The number of aromatic nitrogens is 1. The molecule has 132 valence electrons. The second kappa shape index (κ2) is 7.89. The number of benzene rings is 2. The van der Waals surface area contributed by atoms with Gasteiger partial charge in [0.1, 0.15) is 5.82 Å². The highest BCUT2D eigenvalue weighted by molar-refractivity contribution is 6.34. The molecular formula is C20H19ClN4O. The molecule has 0 bridgehead atoms. The minimum Gasteiger partial charge on any atom is -0.378 e. The third kappa shape index (κ3) is 4.32. The van der Waals surface area contributed by atoms with Crippen LogP contribution in [0.3, 0.4) is 0 Å². The number of hydrogen-bond acceptors (Lipinski definition) is 4. The number of carbonyl (C=O) groups excluding carboxylic acids is 1. The topological polar surface area (TPSA) is 57.3 Å². The van der Waals surface area contributed by atoms with Crippen molar-refractivity contribution >= 4 is 40.4 Å². The first-order valence-corrected chi connectivity index (χ1v) is 8.47. The monoisotopic (exact) mass is 366 g/mol. The second-order valence-corrected chi connectivity index (χ2v) is 6.34. The first-order chi connectivity index (χ1) is 12.5. The molecule has 0 aliphatic rings. The molecule has 6 heteroatoms.